The molecule has 0 aromatic carbocycles. The van der Waals surface area contributed by atoms with Crippen molar-refractivity contribution in [2.75, 3.05) is 6.61 Å². The summed E-state index contributed by atoms with van der Waals surface area (Å²) in [5, 5.41) is 12.3. The minimum absolute atomic E-state index is 0.0156. The summed E-state index contributed by atoms with van der Waals surface area (Å²) in [6.07, 6.45) is 3.14. The van der Waals surface area contributed by atoms with E-state index in [1.807, 2.05) is 6.92 Å². The van der Waals surface area contributed by atoms with Gasteiger partial charge in [-0.15, -0.1) is 0 Å². The van der Waals surface area contributed by atoms with E-state index >= 15 is 0 Å². The molecule has 4 heteroatoms. The first-order valence-corrected chi connectivity index (χ1v) is 7.55. The molecule has 1 aliphatic rings. The number of rotatable bonds is 6. The van der Waals surface area contributed by atoms with Gasteiger partial charge in [0.15, 0.2) is 0 Å². The summed E-state index contributed by atoms with van der Waals surface area (Å²) < 4.78 is 0. The molecule has 2 N–H and O–H groups in total. The van der Waals surface area contributed by atoms with Crippen LogP contribution in [0.4, 0.5) is 0 Å². The average molecular weight is 270 g/mol. The predicted octanol–water partition coefficient (Wildman–Crippen LogP) is 1.77. The molecule has 0 spiro atoms. The SMILES string of the molecule is CC(C)CC(CO)NC(=O)C(C)N1C(C)CCC1C. The second-order valence-corrected chi connectivity index (χ2v) is 6.42. The summed E-state index contributed by atoms with van der Waals surface area (Å²) in [6, 6.07) is 0.693. The molecular formula is C15H30N2O2. The molecule has 19 heavy (non-hydrogen) atoms. The van der Waals surface area contributed by atoms with Crippen LogP contribution in [0.2, 0.25) is 0 Å². The number of amides is 1. The Hall–Kier alpha value is -0.610. The molecule has 0 aliphatic carbocycles. The van der Waals surface area contributed by atoms with E-state index in [1.54, 1.807) is 0 Å². The monoisotopic (exact) mass is 270 g/mol. The minimum Gasteiger partial charge on any atom is -0.394 e. The Morgan fingerprint density at radius 3 is 2.21 bits per heavy atom. The van der Waals surface area contributed by atoms with Gasteiger partial charge < -0.3 is 10.4 Å². The number of hydrogen-bond donors (Lipinski definition) is 2. The van der Waals surface area contributed by atoms with Crippen molar-refractivity contribution < 1.29 is 9.90 Å². The Bertz CT molecular complexity index is 284. The molecule has 112 valence electrons. The van der Waals surface area contributed by atoms with Gasteiger partial charge in [-0.3, -0.25) is 9.69 Å². The van der Waals surface area contributed by atoms with E-state index in [0.29, 0.717) is 18.0 Å². The van der Waals surface area contributed by atoms with E-state index in [2.05, 4.69) is 37.9 Å². The molecule has 1 amide bonds. The lowest BCUT2D eigenvalue weighted by molar-refractivity contribution is -0.128. The van der Waals surface area contributed by atoms with Crippen LogP contribution in [0.3, 0.4) is 0 Å². The van der Waals surface area contributed by atoms with Gasteiger partial charge in [-0.05, 0) is 46.0 Å². The zero-order chi connectivity index (χ0) is 14.6. The normalized spacial score (nSPS) is 27.5. The maximum Gasteiger partial charge on any atom is 0.237 e. The highest BCUT2D eigenvalue weighted by Gasteiger charge is 2.34. The van der Waals surface area contributed by atoms with Crippen molar-refractivity contribution in [3.8, 4) is 0 Å². The second kappa shape index (κ2) is 7.25. The standard InChI is InChI=1S/C15H30N2O2/c1-10(2)8-14(9-18)16-15(19)13(5)17-11(3)6-7-12(17)4/h10-14,18H,6-9H2,1-5H3,(H,16,19). The fourth-order valence-electron chi connectivity index (χ4n) is 3.18. The summed E-state index contributed by atoms with van der Waals surface area (Å²) in [4.78, 5) is 14.6. The van der Waals surface area contributed by atoms with Gasteiger partial charge in [0.2, 0.25) is 5.91 Å². The van der Waals surface area contributed by atoms with E-state index in [4.69, 9.17) is 0 Å². The lowest BCUT2D eigenvalue weighted by atomic mass is 10.0. The maximum atomic E-state index is 12.3. The number of likely N-dealkylation sites (tertiary alicyclic amines) is 1. The molecule has 1 aliphatic heterocycles. The minimum atomic E-state index is -0.122. The highest BCUT2D eigenvalue weighted by molar-refractivity contribution is 5.81. The third-order valence-corrected chi connectivity index (χ3v) is 4.17. The van der Waals surface area contributed by atoms with Crippen LogP contribution < -0.4 is 5.32 Å². The molecule has 0 saturated carbocycles. The van der Waals surface area contributed by atoms with Crippen LogP contribution in [0.15, 0.2) is 0 Å². The van der Waals surface area contributed by atoms with Crippen molar-refractivity contribution in [2.45, 2.75) is 78.0 Å². The van der Waals surface area contributed by atoms with Crippen molar-refractivity contribution >= 4 is 5.91 Å². The van der Waals surface area contributed by atoms with E-state index < -0.39 is 0 Å². The largest absolute Gasteiger partial charge is 0.394 e. The Kier molecular flexibility index (Phi) is 6.27. The Labute approximate surface area is 117 Å². The first-order chi connectivity index (χ1) is 8.86. The molecule has 0 aromatic heterocycles. The first kappa shape index (κ1) is 16.4. The van der Waals surface area contributed by atoms with Crippen LogP contribution in [0.25, 0.3) is 0 Å². The van der Waals surface area contributed by atoms with Gasteiger partial charge in [-0.25, -0.2) is 0 Å². The molecule has 1 heterocycles. The number of aliphatic hydroxyl groups is 1. The van der Waals surface area contributed by atoms with Gasteiger partial charge in [-0.1, -0.05) is 13.8 Å². The first-order valence-electron chi connectivity index (χ1n) is 7.55. The zero-order valence-corrected chi connectivity index (χ0v) is 13.0. The van der Waals surface area contributed by atoms with Crippen LogP contribution in [0.1, 0.15) is 53.9 Å². The van der Waals surface area contributed by atoms with Gasteiger partial charge in [0.25, 0.3) is 0 Å². The summed E-state index contributed by atoms with van der Waals surface area (Å²) in [5.41, 5.74) is 0. The lowest BCUT2D eigenvalue weighted by Crippen LogP contribution is -2.52. The van der Waals surface area contributed by atoms with Gasteiger partial charge in [0, 0.05) is 12.1 Å². The molecule has 4 atom stereocenters. The molecule has 4 nitrogen and oxygen atoms in total. The number of hydrogen-bond acceptors (Lipinski definition) is 3. The number of aliphatic hydroxyl groups excluding tert-OH is 1. The average Bonchev–Trinajstić information content (AvgIpc) is 2.66. The van der Waals surface area contributed by atoms with Gasteiger partial charge in [-0.2, -0.15) is 0 Å². The number of nitrogens with zero attached hydrogens (tertiary/aromatic N) is 1. The maximum absolute atomic E-state index is 12.3. The van der Waals surface area contributed by atoms with Gasteiger partial charge >= 0.3 is 0 Å². The molecule has 0 bridgehead atoms. The Balaban J connectivity index is 2.56. The van der Waals surface area contributed by atoms with Crippen molar-refractivity contribution in [2.24, 2.45) is 5.92 Å². The highest BCUT2D eigenvalue weighted by atomic mass is 16.3. The van der Waals surface area contributed by atoms with Crippen molar-refractivity contribution in [1.29, 1.82) is 0 Å². The number of carbonyl (C=O) groups excluding carboxylic acids is 1. The van der Waals surface area contributed by atoms with Crippen LogP contribution >= 0.6 is 0 Å². The zero-order valence-electron chi connectivity index (χ0n) is 13.0. The third-order valence-electron chi connectivity index (χ3n) is 4.17. The number of carbonyl (C=O) groups is 1. The van der Waals surface area contributed by atoms with Crippen LogP contribution in [0.5, 0.6) is 0 Å². The molecule has 0 aromatic rings. The van der Waals surface area contributed by atoms with E-state index in [1.165, 1.54) is 0 Å². The quantitative estimate of drug-likeness (QED) is 0.773. The van der Waals surface area contributed by atoms with E-state index in [0.717, 1.165) is 19.3 Å². The Morgan fingerprint density at radius 1 is 1.26 bits per heavy atom. The fourth-order valence-corrected chi connectivity index (χ4v) is 3.18. The molecule has 0 radical (unpaired) electrons. The van der Waals surface area contributed by atoms with Crippen LogP contribution in [-0.2, 0) is 4.79 Å². The summed E-state index contributed by atoms with van der Waals surface area (Å²) >= 11 is 0. The van der Waals surface area contributed by atoms with Gasteiger partial charge in [0.1, 0.15) is 0 Å². The van der Waals surface area contributed by atoms with Crippen molar-refractivity contribution in [3.63, 3.8) is 0 Å². The molecule has 4 unspecified atom stereocenters. The smallest absolute Gasteiger partial charge is 0.237 e. The Morgan fingerprint density at radius 2 is 1.79 bits per heavy atom. The summed E-state index contributed by atoms with van der Waals surface area (Å²) in [6.45, 7) is 10.6. The lowest BCUT2D eigenvalue weighted by Gasteiger charge is -2.32. The van der Waals surface area contributed by atoms with Crippen LogP contribution in [-0.4, -0.2) is 46.7 Å². The molecule has 1 fully saturated rings. The topological polar surface area (TPSA) is 52.6 Å². The van der Waals surface area contributed by atoms with E-state index in [9.17, 15) is 9.90 Å². The number of nitrogens with one attached hydrogen (secondary N) is 1. The van der Waals surface area contributed by atoms with Gasteiger partial charge in [0.05, 0.1) is 18.7 Å². The second-order valence-electron chi connectivity index (χ2n) is 6.42. The van der Waals surface area contributed by atoms with Crippen LogP contribution in [0, 0.1) is 5.92 Å². The molecular weight excluding hydrogens is 240 g/mol. The molecule has 1 rings (SSSR count). The van der Waals surface area contributed by atoms with Crippen molar-refractivity contribution in [1.82, 2.24) is 10.2 Å². The summed E-state index contributed by atoms with van der Waals surface area (Å²) in [5.74, 6) is 0.512. The van der Waals surface area contributed by atoms with Crippen molar-refractivity contribution in [3.05, 3.63) is 0 Å². The fraction of sp³-hybridized carbons (Fsp3) is 0.933. The summed E-state index contributed by atoms with van der Waals surface area (Å²) in [7, 11) is 0. The third kappa shape index (κ3) is 4.46. The predicted molar refractivity (Wildman–Crippen MR) is 77.9 cm³/mol. The molecule has 1 saturated heterocycles. The van der Waals surface area contributed by atoms with E-state index in [-0.39, 0.29) is 24.6 Å². The highest BCUT2D eigenvalue weighted by Crippen LogP contribution is 2.25.